The zero-order valence-corrected chi connectivity index (χ0v) is 16.9. The Morgan fingerprint density at radius 3 is 2.50 bits per heavy atom. The first kappa shape index (κ1) is 19.2. The SMILES string of the molecule is C[C@H](CCc1c[nH]c2ccccc12)N1CCC(CO)(Cc2ccccc2)CC1. The van der Waals surface area contributed by atoms with E-state index in [4.69, 9.17) is 0 Å². The molecule has 0 unspecified atom stereocenters. The lowest BCUT2D eigenvalue weighted by molar-refractivity contribution is 0.0289. The van der Waals surface area contributed by atoms with Crippen LogP contribution in [0.25, 0.3) is 10.9 Å². The van der Waals surface area contributed by atoms with Gasteiger partial charge in [0.05, 0.1) is 0 Å². The van der Waals surface area contributed by atoms with E-state index >= 15 is 0 Å². The smallest absolute Gasteiger partial charge is 0.0491 e. The van der Waals surface area contributed by atoms with Crippen molar-refractivity contribution >= 4 is 10.9 Å². The van der Waals surface area contributed by atoms with Crippen LogP contribution in [0.2, 0.25) is 0 Å². The molecule has 1 atom stereocenters. The molecule has 0 saturated carbocycles. The largest absolute Gasteiger partial charge is 0.396 e. The molecule has 4 rings (SSSR count). The van der Waals surface area contributed by atoms with Gasteiger partial charge in [-0.05, 0) is 74.7 Å². The number of nitrogens with zero attached hydrogens (tertiary/aromatic N) is 1. The predicted octanol–water partition coefficient (Wildman–Crippen LogP) is 4.81. The Kier molecular flexibility index (Phi) is 5.84. The fraction of sp³-hybridized carbons (Fsp3) is 0.440. The Morgan fingerprint density at radius 2 is 1.75 bits per heavy atom. The highest BCUT2D eigenvalue weighted by Crippen LogP contribution is 2.35. The fourth-order valence-electron chi connectivity index (χ4n) is 4.74. The van der Waals surface area contributed by atoms with Crippen LogP contribution < -0.4 is 0 Å². The second-order valence-corrected chi connectivity index (χ2v) is 8.60. The number of hydrogen-bond acceptors (Lipinski definition) is 2. The van der Waals surface area contributed by atoms with Crippen LogP contribution in [0.4, 0.5) is 0 Å². The molecule has 2 N–H and O–H groups in total. The summed E-state index contributed by atoms with van der Waals surface area (Å²) < 4.78 is 0. The summed E-state index contributed by atoms with van der Waals surface area (Å²) in [5.74, 6) is 0. The van der Waals surface area contributed by atoms with Gasteiger partial charge >= 0.3 is 0 Å². The zero-order chi connectivity index (χ0) is 19.4. The van der Waals surface area contributed by atoms with Crippen LogP contribution in [0.15, 0.2) is 60.8 Å². The van der Waals surface area contributed by atoms with Gasteiger partial charge < -0.3 is 15.0 Å². The minimum absolute atomic E-state index is 0.0500. The number of aliphatic hydroxyl groups is 1. The number of nitrogens with one attached hydrogen (secondary N) is 1. The molecule has 0 amide bonds. The summed E-state index contributed by atoms with van der Waals surface area (Å²) in [6, 6.07) is 19.8. The molecule has 0 bridgehead atoms. The van der Waals surface area contributed by atoms with Gasteiger partial charge in [-0.2, -0.15) is 0 Å². The van der Waals surface area contributed by atoms with E-state index < -0.39 is 0 Å². The van der Waals surface area contributed by atoms with Crippen LogP contribution in [-0.2, 0) is 12.8 Å². The van der Waals surface area contributed by atoms with E-state index in [0.29, 0.717) is 12.6 Å². The normalized spacial score (nSPS) is 18.4. The molecule has 148 valence electrons. The second kappa shape index (κ2) is 8.50. The number of hydrogen-bond donors (Lipinski definition) is 2. The number of likely N-dealkylation sites (tertiary alicyclic amines) is 1. The third-order valence-electron chi connectivity index (χ3n) is 6.75. The van der Waals surface area contributed by atoms with Crippen molar-refractivity contribution in [3.05, 3.63) is 71.9 Å². The van der Waals surface area contributed by atoms with Crippen molar-refractivity contribution in [2.75, 3.05) is 19.7 Å². The molecule has 3 aromatic rings. The molecule has 1 fully saturated rings. The quantitative estimate of drug-likeness (QED) is 0.621. The maximum absolute atomic E-state index is 10.1. The van der Waals surface area contributed by atoms with E-state index in [1.807, 2.05) is 0 Å². The van der Waals surface area contributed by atoms with Crippen LogP contribution in [0.5, 0.6) is 0 Å². The Labute approximate surface area is 168 Å². The molecule has 3 heteroatoms. The highest BCUT2D eigenvalue weighted by Gasteiger charge is 2.35. The van der Waals surface area contributed by atoms with Gasteiger partial charge in [0.25, 0.3) is 0 Å². The lowest BCUT2D eigenvalue weighted by Gasteiger charge is -2.43. The van der Waals surface area contributed by atoms with Crippen molar-refractivity contribution in [2.24, 2.45) is 5.41 Å². The number of fused-ring (bicyclic) bond motifs is 1. The Balaban J connectivity index is 1.32. The van der Waals surface area contributed by atoms with Crippen LogP contribution in [0, 0.1) is 5.41 Å². The third-order valence-corrected chi connectivity index (χ3v) is 6.75. The molecule has 28 heavy (non-hydrogen) atoms. The summed E-state index contributed by atoms with van der Waals surface area (Å²) in [6.07, 6.45) is 7.60. The van der Waals surface area contributed by atoms with Crippen LogP contribution in [-0.4, -0.2) is 40.7 Å². The first-order chi connectivity index (χ1) is 13.7. The molecule has 3 nitrogen and oxygen atoms in total. The standard InChI is InChI=1S/C25H32N2O/c1-20(11-12-22-18-26-24-10-6-5-9-23(22)24)27-15-13-25(19-28,14-16-27)17-21-7-3-2-4-8-21/h2-10,18,20,26,28H,11-17,19H2,1H3/t20-/m1/s1. The Morgan fingerprint density at radius 1 is 1.04 bits per heavy atom. The minimum Gasteiger partial charge on any atom is -0.396 e. The topological polar surface area (TPSA) is 39.3 Å². The Bertz CT molecular complexity index is 878. The minimum atomic E-state index is 0.0500. The number of aromatic amines is 1. The van der Waals surface area contributed by atoms with E-state index in [-0.39, 0.29) is 5.41 Å². The maximum atomic E-state index is 10.1. The summed E-state index contributed by atoms with van der Waals surface area (Å²) in [4.78, 5) is 6.01. The monoisotopic (exact) mass is 376 g/mol. The number of aromatic nitrogens is 1. The lowest BCUT2D eigenvalue weighted by Crippen LogP contribution is -2.46. The van der Waals surface area contributed by atoms with Gasteiger partial charge in [0.15, 0.2) is 0 Å². The highest BCUT2D eigenvalue weighted by molar-refractivity contribution is 5.82. The first-order valence-corrected chi connectivity index (χ1v) is 10.6. The second-order valence-electron chi connectivity index (χ2n) is 8.60. The number of rotatable bonds is 7. The average Bonchev–Trinajstić information content (AvgIpc) is 3.16. The van der Waals surface area contributed by atoms with Gasteiger partial charge in [-0.1, -0.05) is 48.5 Å². The number of H-pyrrole nitrogens is 1. The van der Waals surface area contributed by atoms with Crippen molar-refractivity contribution in [2.45, 2.75) is 45.1 Å². The summed E-state index contributed by atoms with van der Waals surface area (Å²) >= 11 is 0. The maximum Gasteiger partial charge on any atom is 0.0491 e. The third kappa shape index (κ3) is 4.16. The number of benzene rings is 2. The molecular formula is C25H32N2O. The van der Waals surface area contributed by atoms with Crippen LogP contribution >= 0.6 is 0 Å². The zero-order valence-electron chi connectivity index (χ0n) is 16.9. The molecule has 0 aliphatic carbocycles. The summed E-state index contributed by atoms with van der Waals surface area (Å²) in [5, 5.41) is 11.5. The molecule has 2 heterocycles. The number of para-hydroxylation sites is 1. The summed E-state index contributed by atoms with van der Waals surface area (Å²) in [5.41, 5.74) is 4.05. The molecule has 1 aromatic heterocycles. The predicted molar refractivity (Wildman–Crippen MR) is 117 cm³/mol. The van der Waals surface area contributed by atoms with E-state index in [2.05, 4.69) is 77.6 Å². The van der Waals surface area contributed by atoms with Gasteiger partial charge in [-0.25, -0.2) is 0 Å². The van der Waals surface area contributed by atoms with E-state index in [1.54, 1.807) is 0 Å². The molecule has 0 radical (unpaired) electrons. The molecule has 1 aliphatic rings. The molecular weight excluding hydrogens is 344 g/mol. The number of piperidine rings is 1. The number of aryl methyl sites for hydroxylation is 1. The fourth-order valence-corrected chi connectivity index (χ4v) is 4.74. The van der Waals surface area contributed by atoms with Crippen molar-refractivity contribution in [3.8, 4) is 0 Å². The van der Waals surface area contributed by atoms with Crippen molar-refractivity contribution in [1.82, 2.24) is 9.88 Å². The molecule has 1 saturated heterocycles. The van der Waals surface area contributed by atoms with E-state index in [1.165, 1.54) is 28.5 Å². The molecule has 1 aliphatic heterocycles. The Hall–Kier alpha value is -2.10. The van der Waals surface area contributed by atoms with Gasteiger partial charge in [-0.15, -0.1) is 0 Å². The van der Waals surface area contributed by atoms with Gasteiger partial charge in [0.2, 0.25) is 0 Å². The van der Waals surface area contributed by atoms with Crippen LogP contribution in [0.3, 0.4) is 0 Å². The van der Waals surface area contributed by atoms with Crippen molar-refractivity contribution in [3.63, 3.8) is 0 Å². The van der Waals surface area contributed by atoms with Crippen LogP contribution in [0.1, 0.15) is 37.3 Å². The highest BCUT2D eigenvalue weighted by atomic mass is 16.3. The van der Waals surface area contributed by atoms with Gasteiger partial charge in [-0.3, -0.25) is 0 Å². The number of aliphatic hydroxyl groups excluding tert-OH is 1. The first-order valence-electron chi connectivity index (χ1n) is 10.6. The molecule has 2 aromatic carbocycles. The van der Waals surface area contributed by atoms with E-state index in [0.717, 1.165) is 38.8 Å². The van der Waals surface area contributed by atoms with Gasteiger partial charge in [0.1, 0.15) is 0 Å². The van der Waals surface area contributed by atoms with E-state index in [9.17, 15) is 5.11 Å². The summed E-state index contributed by atoms with van der Waals surface area (Å²) in [6.45, 7) is 4.82. The summed E-state index contributed by atoms with van der Waals surface area (Å²) in [7, 11) is 0. The van der Waals surface area contributed by atoms with Crippen molar-refractivity contribution < 1.29 is 5.11 Å². The molecule has 0 spiro atoms. The lowest BCUT2D eigenvalue weighted by atomic mass is 9.74. The van der Waals surface area contributed by atoms with Gasteiger partial charge in [0, 0.05) is 29.7 Å². The average molecular weight is 377 g/mol. The van der Waals surface area contributed by atoms with Crippen molar-refractivity contribution in [1.29, 1.82) is 0 Å².